The highest BCUT2D eigenvalue weighted by atomic mass is 16.3. The topological polar surface area (TPSA) is 55.1 Å². The molecule has 0 aliphatic rings. The van der Waals surface area contributed by atoms with Crippen LogP contribution in [-0.4, -0.2) is 10.9 Å². The first kappa shape index (κ1) is 18.9. The smallest absolute Gasteiger partial charge is 0.255 e. The van der Waals surface area contributed by atoms with Gasteiger partial charge in [0.2, 0.25) is 5.89 Å². The van der Waals surface area contributed by atoms with E-state index in [1.165, 1.54) is 5.56 Å². The molecule has 0 unspecified atom stereocenters. The maximum atomic E-state index is 12.4. The molecule has 146 valence electrons. The lowest BCUT2D eigenvalue weighted by molar-refractivity contribution is 0.102. The van der Waals surface area contributed by atoms with Crippen molar-refractivity contribution in [1.29, 1.82) is 0 Å². The molecule has 0 spiro atoms. The first-order chi connectivity index (χ1) is 14.0. The Kier molecular flexibility index (Phi) is 5.17. The number of aryl methyl sites for hydroxylation is 1. The summed E-state index contributed by atoms with van der Waals surface area (Å²) < 4.78 is 5.93. The van der Waals surface area contributed by atoms with E-state index in [4.69, 9.17) is 4.42 Å². The largest absolute Gasteiger partial charge is 0.436 e. The van der Waals surface area contributed by atoms with Crippen molar-refractivity contribution < 1.29 is 9.21 Å². The maximum Gasteiger partial charge on any atom is 0.255 e. The minimum atomic E-state index is -0.128. The number of hydrogen-bond acceptors (Lipinski definition) is 3. The summed E-state index contributed by atoms with van der Waals surface area (Å²) in [4.78, 5) is 17.0. The number of fused-ring (bicyclic) bond motifs is 1. The number of carbonyl (C=O) groups is 1. The molecule has 0 saturated carbocycles. The highest BCUT2D eigenvalue weighted by Crippen LogP contribution is 2.28. The van der Waals surface area contributed by atoms with Gasteiger partial charge in [-0.3, -0.25) is 4.79 Å². The molecular formula is C25H24N2O2. The Morgan fingerprint density at radius 3 is 2.45 bits per heavy atom. The zero-order chi connectivity index (χ0) is 20.4. The number of hydrogen-bond donors (Lipinski definition) is 1. The predicted octanol–water partition coefficient (Wildman–Crippen LogP) is 6.57. The molecule has 0 aliphatic heterocycles. The van der Waals surface area contributed by atoms with Crippen molar-refractivity contribution in [3.05, 3.63) is 83.4 Å². The van der Waals surface area contributed by atoms with Crippen LogP contribution in [0, 0.1) is 6.92 Å². The molecule has 1 heterocycles. The van der Waals surface area contributed by atoms with Gasteiger partial charge in [-0.15, -0.1) is 0 Å². The molecular weight excluding hydrogens is 360 g/mol. The number of nitrogens with one attached hydrogen (secondary N) is 1. The van der Waals surface area contributed by atoms with Gasteiger partial charge in [-0.25, -0.2) is 4.98 Å². The van der Waals surface area contributed by atoms with E-state index in [-0.39, 0.29) is 5.91 Å². The number of benzene rings is 3. The number of aromatic nitrogens is 1. The molecule has 0 saturated heterocycles. The number of rotatable bonds is 5. The van der Waals surface area contributed by atoms with Crippen LogP contribution < -0.4 is 5.32 Å². The van der Waals surface area contributed by atoms with Crippen LogP contribution in [0.2, 0.25) is 0 Å². The monoisotopic (exact) mass is 384 g/mol. The fourth-order valence-electron chi connectivity index (χ4n) is 3.21. The molecule has 1 N–H and O–H groups in total. The molecule has 4 rings (SSSR count). The molecule has 4 nitrogen and oxygen atoms in total. The van der Waals surface area contributed by atoms with Crippen LogP contribution in [0.4, 0.5) is 5.69 Å². The van der Waals surface area contributed by atoms with Crippen molar-refractivity contribution >= 4 is 22.7 Å². The Hall–Kier alpha value is -3.40. The highest BCUT2D eigenvalue weighted by molar-refractivity contribution is 6.04. The molecule has 0 aliphatic carbocycles. The Balaban J connectivity index is 1.52. The summed E-state index contributed by atoms with van der Waals surface area (Å²) in [5, 5.41) is 2.92. The van der Waals surface area contributed by atoms with Crippen LogP contribution in [-0.2, 0) is 0 Å². The van der Waals surface area contributed by atoms with Gasteiger partial charge in [-0.05, 0) is 73.4 Å². The van der Waals surface area contributed by atoms with Gasteiger partial charge >= 0.3 is 0 Å². The number of nitrogens with zero attached hydrogens (tertiary/aromatic N) is 1. The molecule has 4 heteroatoms. The minimum absolute atomic E-state index is 0.128. The van der Waals surface area contributed by atoms with E-state index < -0.39 is 0 Å². The second kappa shape index (κ2) is 7.92. The summed E-state index contributed by atoms with van der Waals surface area (Å²) in [6, 6.07) is 21.2. The third-order valence-electron chi connectivity index (χ3n) is 5.30. The molecule has 1 aromatic heterocycles. The third-order valence-corrected chi connectivity index (χ3v) is 5.30. The minimum Gasteiger partial charge on any atom is -0.436 e. The summed E-state index contributed by atoms with van der Waals surface area (Å²) in [7, 11) is 0. The first-order valence-corrected chi connectivity index (χ1v) is 9.92. The van der Waals surface area contributed by atoms with E-state index in [1.54, 1.807) is 0 Å². The summed E-state index contributed by atoms with van der Waals surface area (Å²) in [6.45, 7) is 6.39. The zero-order valence-electron chi connectivity index (χ0n) is 16.9. The van der Waals surface area contributed by atoms with Crippen LogP contribution >= 0.6 is 0 Å². The van der Waals surface area contributed by atoms with Gasteiger partial charge in [0.1, 0.15) is 5.52 Å². The number of anilines is 1. The van der Waals surface area contributed by atoms with E-state index in [1.807, 2.05) is 61.5 Å². The summed E-state index contributed by atoms with van der Waals surface area (Å²) in [6.07, 6.45) is 1.09. The first-order valence-electron chi connectivity index (χ1n) is 9.92. The molecule has 0 radical (unpaired) electrons. The number of amides is 1. The fourth-order valence-corrected chi connectivity index (χ4v) is 3.21. The van der Waals surface area contributed by atoms with Crippen LogP contribution in [0.5, 0.6) is 0 Å². The van der Waals surface area contributed by atoms with Crippen LogP contribution in [0.15, 0.2) is 71.1 Å². The van der Waals surface area contributed by atoms with Gasteiger partial charge < -0.3 is 9.73 Å². The van der Waals surface area contributed by atoms with Crippen LogP contribution in [0.25, 0.3) is 22.6 Å². The number of oxazole rings is 1. The second-order valence-electron chi connectivity index (χ2n) is 7.45. The van der Waals surface area contributed by atoms with Crippen molar-refractivity contribution in [3.8, 4) is 11.5 Å². The summed E-state index contributed by atoms with van der Waals surface area (Å²) >= 11 is 0. The van der Waals surface area contributed by atoms with Gasteiger partial charge in [0.15, 0.2) is 5.58 Å². The van der Waals surface area contributed by atoms with E-state index >= 15 is 0 Å². The molecule has 1 amide bonds. The SMILES string of the molecule is CC[C@H](C)c1ccc2oc(-c3ccc(NC(=O)c4ccc(C)cc4)cc3)nc2c1. The summed E-state index contributed by atoms with van der Waals surface area (Å²) in [5.41, 5.74) is 6.29. The lowest BCUT2D eigenvalue weighted by atomic mass is 9.98. The van der Waals surface area contributed by atoms with Gasteiger partial charge in [0.25, 0.3) is 5.91 Å². The van der Waals surface area contributed by atoms with E-state index in [9.17, 15) is 4.79 Å². The van der Waals surface area contributed by atoms with E-state index in [2.05, 4.69) is 36.3 Å². The van der Waals surface area contributed by atoms with Gasteiger partial charge in [-0.2, -0.15) is 0 Å². The molecule has 0 fully saturated rings. The lowest BCUT2D eigenvalue weighted by Gasteiger charge is -2.07. The van der Waals surface area contributed by atoms with Crippen molar-refractivity contribution in [3.63, 3.8) is 0 Å². The normalized spacial score (nSPS) is 12.1. The van der Waals surface area contributed by atoms with Crippen LogP contribution in [0.1, 0.15) is 47.7 Å². The highest BCUT2D eigenvalue weighted by Gasteiger charge is 2.12. The van der Waals surface area contributed by atoms with Crippen molar-refractivity contribution in [2.24, 2.45) is 0 Å². The molecule has 0 bridgehead atoms. The van der Waals surface area contributed by atoms with E-state index in [0.29, 0.717) is 17.4 Å². The Morgan fingerprint density at radius 2 is 1.76 bits per heavy atom. The van der Waals surface area contributed by atoms with Crippen molar-refractivity contribution in [2.45, 2.75) is 33.1 Å². The van der Waals surface area contributed by atoms with Gasteiger partial charge in [0, 0.05) is 16.8 Å². The standard InChI is InChI=1S/C25H24N2O2/c1-4-17(3)20-11-14-23-22(15-20)27-25(29-23)19-9-12-21(13-10-19)26-24(28)18-7-5-16(2)6-8-18/h5-15,17H,4H2,1-3H3,(H,26,28)/t17-/m0/s1. The molecule has 1 atom stereocenters. The van der Waals surface area contributed by atoms with Crippen LogP contribution in [0.3, 0.4) is 0 Å². The predicted molar refractivity (Wildman–Crippen MR) is 117 cm³/mol. The van der Waals surface area contributed by atoms with Gasteiger partial charge in [0.05, 0.1) is 0 Å². The van der Waals surface area contributed by atoms with Crippen molar-refractivity contribution in [2.75, 3.05) is 5.32 Å². The fraction of sp³-hybridized carbons (Fsp3) is 0.200. The summed E-state index contributed by atoms with van der Waals surface area (Å²) in [5.74, 6) is 0.950. The molecule has 29 heavy (non-hydrogen) atoms. The maximum absolute atomic E-state index is 12.4. The van der Waals surface area contributed by atoms with E-state index in [0.717, 1.165) is 34.3 Å². The molecule has 4 aromatic rings. The Labute approximate surface area is 170 Å². The van der Waals surface area contributed by atoms with Crippen molar-refractivity contribution in [1.82, 2.24) is 4.98 Å². The van der Waals surface area contributed by atoms with Gasteiger partial charge in [-0.1, -0.05) is 37.6 Å². The average Bonchev–Trinajstić information content (AvgIpc) is 3.17. The lowest BCUT2D eigenvalue weighted by Crippen LogP contribution is -2.11. The Bertz CT molecular complexity index is 1140. The quantitative estimate of drug-likeness (QED) is 0.423. The molecule has 3 aromatic carbocycles. The average molecular weight is 384 g/mol. The zero-order valence-corrected chi connectivity index (χ0v) is 16.9. The second-order valence-corrected chi connectivity index (χ2v) is 7.45. The Morgan fingerprint density at radius 1 is 1.03 bits per heavy atom. The third kappa shape index (κ3) is 4.06. The number of carbonyl (C=O) groups excluding carboxylic acids is 1.